The number of likely N-dealkylation sites (tertiary alicyclic amines) is 1. The molecule has 1 rings (SSSR count). The van der Waals surface area contributed by atoms with E-state index in [1.807, 2.05) is 20.8 Å². The van der Waals surface area contributed by atoms with Crippen LogP contribution in [0.2, 0.25) is 0 Å². The highest BCUT2D eigenvalue weighted by Crippen LogP contribution is 2.18. The molecule has 16 heavy (non-hydrogen) atoms. The number of carbonyl (C=O) groups excluding carboxylic acids is 1. The van der Waals surface area contributed by atoms with Crippen molar-refractivity contribution >= 4 is 11.9 Å². The van der Waals surface area contributed by atoms with Gasteiger partial charge in [0.15, 0.2) is 0 Å². The van der Waals surface area contributed by atoms with Crippen LogP contribution in [-0.2, 0) is 4.74 Å². The van der Waals surface area contributed by atoms with Crippen LogP contribution in [0.1, 0.15) is 33.6 Å². The lowest BCUT2D eigenvalue weighted by atomic mass is 9.97. The van der Waals surface area contributed by atoms with Gasteiger partial charge in [0.1, 0.15) is 5.60 Å². The molecule has 0 saturated carbocycles. The number of hydrogen-bond donors (Lipinski definition) is 2. The summed E-state index contributed by atoms with van der Waals surface area (Å²) < 4.78 is 5.28. The third-order valence-corrected chi connectivity index (χ3v) is 2.51. The summed E-state index contributed by atoms with van der Waals surface area (Å²) >= 11 is 0. The van der Waals surface area contributed by atoms with Crippen LogP contribution in [0.3, 0.4) is 0 Å². The van der Waals surface area contributed by atoms with Gasteiger partial charge in [-0.2, -0.15) is 0 Å². The van der Waals surface area contributed by atoms with Crippen LogP contribution in [0.15, 0.2) is 0 Å². The average Bonchev–Trinajstić information content (AvgIpc) is 2.15. The number of piperidine rings is 1. The average molecular weight is 227 g/mol. The second-order valence-corrected chi connectivity index (χ2v) is 5.22. The van der Waals surface area contributed by atoms with Crippen LogP contribution < -0.4 is 5.73 Å². The third-order valence-electron chi connectivity index (χ3n) is 2.51. The topological polar surface area (TPSA) is 79.4 Å². The highest BCUT2D eigenvalue weighted by molar-refractivity contribution is 5.80. The summed E-state index contributed by atoms with van der Waals surface area (Å²) in [7, 11) is 0. The van der Waals surface area contributed by atoms with Gasteiger partial charge in [-0.3, -0.25) is 5.41 Å². The molecule has 5 nitrogen and oxygen atoms in total. The van der Waals surface area contributed by atoms with Gasteiger partial charge in [-0.25, -0.2) is 4.79 Å². The maximum Gasteiger partial charge on any atom is 0.410 e. The first-order chi connectivity index (χ1) is 7.29. The Kier molecular flexibility index (Phi) is 3.78. The summed E-state index contributed by atoms with van der Waals surface area (Å²) in [6.45, 7) is 6.73. The van der Waals surface area contributed by atoms with E-state index in [1.54, 1.807) is 4.90 Å². The molecule has 1 fully saturated rings. The maximum absolute atomic E-state index is 11.8. The van der Waals surface area contributed by atoms with Crippen molar-refractivity contribution in [3.05, 3.63) is 0 Å². The highest BCUT2D eigenvalue weighted by atomic mass is 16.6. The van der Waals surface area contributed by atoms with Crippen molar-refractivity contribution in [3.63, 3.8) is 0 Å². The van der Waals surface area contributed by atoms with Crippen LogP contribution in [-0.4, -0.2) is 35.5 Å². The van der Waals surface area contributed by atoms with Crippen molar-refractivity contribution in [2.45, 2.75) is 39.2 Å². The Morgan fingerprint density at radius 3 is 2.62 bits per heavy atom. The molecule has 0 bridgehead atoms. The first-order valence-electron chi connectivity index (χ1n) is 5.61. The molecule has 0 radical (unpaired) electrons. The highest BCUT2D eigenvalue weighted by Gasteiger charge is 2.28. The molecule has 0 aliphatic carbocycles. The second-order valence-electron chi connectivity index (χ2n) is 5.22. The Labute approximate surface area is 96.4 Å². The van der Waals surface area contributed by atoms with E-state index in [2.05, 4.69) is 0 Å². The van der Waals surface area contributed by atoms with E-state index in [-0.39, 0.29) is 17.8 Å². The Balaban J connectivity index is 2.54. The summed E-state index contributed by atoms with van der Waals surface area (Å²) in [5.74, 6) is 0.148. The maximum atomic E-state index is 11.8. The number of hydrogen-bond acceptors (Lipinski definition) is 3. The first-order valence-corrected chi connectivity index (χ1v) is 5.61. The fraction of sp³-hybridized carbons (Fsp3) is 0.818. The molecular formula is C11H21N3O2. The number of carbonyl (C=O) groups is 1. The fourth-order valence-electron chi connectivity index (χ4n) is 1.72. The summed E-state index contributed by atoms with van der Waals surface area (Å²) in [6, 6.07) is 0. The molecule has 1 saturated heterocycles. The van der Waals surface area contributed by atoms with Gasteiger partial charge in [0.25, 0.3) is 0 Å². The molecule has 1 heterocycles. The predicted octanol–water partition coefficient (Wildman–Crippen LogP) is 1.57. The van der Waals surface area contributed by atoms with E-state index in [0.29, 0.717) is 13.1 Å². The van der Waals surface area contributed by atoms with E-state index in [1.165, 1.54) is 0 Å². The number of nitrogens with one attached hydrogen (secondary N) is 1. The largest absolute Gasteiger partial charge is 0.444 e. The van der Waals surface area contributed by atoms with Gasteiger partial charge in [0, 0.05) is 19.0 Å². The van der Waals surface area contributed by atoms with E-state index in [9.17, 15) is 4.79 Å². The Morgan fingerprint density at radius 2 is 2.12 bits per heavy atom. The second kappa shape index (κ2) is 4.72. The molecule has 0 aromatic rings. The zero-order chi connectivity index (χ0) is 12.3. The van der Waals surface area contributed by atoms with Crippen LogP contribution in [0, 0.1) is 11.3 Å². The standard InChI is InChI=1S/C11H21N3O2/c1-11(2,3)16-10(15)14-6-4-5-8(7-14)9(12)13/h8H,4-7H2,1-3H3,(H3,12,13)/t8-/m1/s1. The van der Waals surface area contributed by atoms with E-state index in [4.69, 9.17) is 15.9 Å². The predicted molar refractivity (Wildman–Crippen MR) is 62.4 cm³/mol. The van der Waals surface area contributed by atoms with Gasteiger partial charge in [-0.1, -0.05) is 0 Å². The fourth-order valence-corrected chi connectivity index (χ4v) is 1.72. The van der Waals surface area contributed by atoms with Crippen molar-refractivity contribution in [2.24, 2.45) is 11.7 Å². The molecule has 1 aliphatic heterocycles. The summed E-state index contributed by atoms with van der Waals surface area (Å²) in [5, 5.41) is 7.40. The SMILES string of the molecule is CC(C)(C)OC(=O)N1CCC[C@@H](C(=N)N)C1. The van der Waals surface area contributed by atoms with Crippen LogP contribution >= 0.6 is 0 Å². The van der Waals surface area contributed by atoms with E-state index < -0.39 is 5.60 Å². The van der Waals surface area contributed by atoms with Crippen molar-refractivity contribution in [1.82, 2.24) is 4.90 Å². The van der Waals surface area contributed by atoms with Crippen molar-refractivity contribution in [1.29, 1.82) is 5.41 Å². The number of amidine groups is 1. The Morgan fingerprint density at radius 1 is 1.50 bits per heavy atom. The van der Waals surface area contributed by atoms with Crippen LogP contribution in [0.5, 0.6) is 0 Å². The van der Waals surface area contributed by atoms with Crippen LogP contribution in [0.25, 0.3) is 0 Å². The molecule has 3 N–H and O–H groups in total. The summed E-state index contributed by atoms with van der Waals surface area (Å²) in [5.41, 5.74) is 4.99. The van der Waals surface area contributed by atoms with Gasteiger partial charge in [0.2, 0.25) is 0 Å². The minimum Gasteiger partial charge on any atom is -0.444 e. The zero-order valence-electron chi connectivity index (χ0n) is 10.2. The molecule has 0 spiro atoms. The van der Waals surface area contributed by atoms with Gasteiger partial charge >= 0.3 is 6.09 Å². The van der Waals surface area contributed by atoms with Gasteiger partial charge in [-0.15, -0.1) is 0 Å². The van der Waals surface area contributed by atoms with E-state index >= 15 is 0 Å². The molecule has 1 atom stereocenters. The Hall–Kier alpha value is -1.26. The molecule has 92 valence electrons. The molecule has 0 unspecified atom stereocenters. The lowest BCUT2D eigenvalue weighted by Crippen LogP contribution is -2.45. The number of nitrogens with two attached hydrogens (primary N) is 1. The van der Waals surface area contributed by atoms with E-state index in [0.717, 1.165) is 12.8 Å². The normalized spacial score (nSPS) is 21.7. The quantitative estimate of drug-likeness (QED) is 0.527. The van der Waals surface area contributed by atoms with Gasteiger partial charge in [0.05, 0.1) is 5.84 Å². The zero-order valence-corrected chi connectivity index (χ0v) is 10.2. The van der Waals surface area contributed by atoms with Gasteiger partial charge in [-0.05, 0) is 33.6 Å². The molecule has 0 aromatic carbocycles. The van der Waals surface area contributed by atoms with Crippen molar-refractivity contribution in [3.8, 4) is 0 Å². The molecule has 0 aromatic heterocycles. The van der Waals surface area contributed by atoms with Crippen molar-refractivity contribution < 1.29 is 9.53 Å². The molecular weight excluding hydrogens is 206 g/mol. The number of nitrogens with zero attached hydrogens (tertiary/aromatic N) is 1. The molecule has 1 aliphatic rings. The lowest BCUT2D eigenvalue weighted by Gasteiger charge is -2.33. The smallest absolute Gasteiger partial charge is 0.410 e. The molecule has 1 amide bonds. The Bertz CT molecular complexity index is 283. The number of rotatable bonds is 1. The lowest BCUT2D eigenvalue weighted by molar-refractivity contribution is 0.0193. The monoisotopic (exact) mass is 227 g/mol. The third kappa shape index (κ3) is 3.72. The van der Waals surface area contributed by atoms with Crippen molar-refractivity contribution in [2.75, 3.05) is 13.1 Å². The summed E-state index contributed by atoms with van der Waals surface area (Å²) in [6.07, 6.45) is 1.46. The van der Waals surface area contributed by atoms with Crippen LogP contribution in [0.4, 0.5) is 4.79 Å². The first kappa shape index (κ1) is 12.8. The summed E-state index contributed by atoms with van der Waals surface area (Å²) in [4.78, 5) is 13.4. The minimum absolute atomic E-state index is 0.0127. The number of ether oxygens (including phenoxy) is 1. The molecule has 5 heteroatoms. The van der Waals surface area contributed by atoms with Gasteiger partial charge < -0.3 is 15.4 Å². The minimum atomic E-state index is -0.472. The number of amides is 1.